The summed E-state index contributed by atoms with van der Waals surface area (Å²) in [5, 5.41) is 0. The first kappa shape index (κ1) is 12.2. The Morgan fingerprint density at radius 2 is 1.94 bits per heavy atom. The van der Waals surface area contributed by atoms with Crippen LogP contribution in [0.2, 0.25) is 0 Å². The van der Waals surface area contributed by atoms with Gasteiger partial charge in [-0.05, 0) is 29.1 Å². The van der Waals surface area contributed by atoms with Crippen LogP contribution in [0.1, 0.15) is 47.5 Å². The second-order valence-corrected chi connectivity index (χ2v) is 7.15. The van der Waals surface area contributed by atoms with Crippen molar-refractivity contribution in [2.24, 2.45) is 28.1 Å². The van der Waals surface area contributed by atoms with Crippen LogP contribution in [0.4, 0.5) is 0 Å². The van der Waals surface area contributed by atoms with Gasteiger partial charge in [-0.2, -0.15) is 0 Å². The van der Waals surface area contributed by atoms with Crippen molar-refractivity contribution in [1.82, 2.24) is 0 Å². The van der Waals surface area contributed by atoms with Crippen molar-refractivity contribution in [2.75, 3.05) is 0 Å². The summed E-state index contributed by atoms with van der Waals surface area (Å²) in [7, 11) is 0. The molecule has 0 aromatic carbocycles. The third kappa shape index (κ3) is 0.960. The molecule has 100 valence electrons. The standard InChI is InChI=1S/C15H22O3/c1-8-10(18-9(2)16)6-11-14(4)12(17)7-13(8,3)15(11,14)5/h8,10-11H,6-7H2,1-5H3/t8-,10+,11?,13+,14+,15-/m0/s1. The average molecular weight is 250 g/mol. The van der Waals surface area contributed by atoms with Gasteiger partial charge in [-0.3, -0.25) is 9.59 Å². The Morgan fingerprint density at radius 3 is 2.50 bits per heavy atom. The monoisotopic (exact) mass is 250 g/mol. The minimum absolute atomic E-state index is 0.0120. The van der Waals surface area contributed by atoms with E-state index in [1.165, 1.54) is 6.92 Å². The zero-order chi connectivity index (χ0) is 13.5. The van der Waals surface area contributed by atoms with E-state index in [1.807, 2.05) is 0 Å². The number of fused-ring (bicyclic) bond motifs is 1. The molecule has 1 unspecified atom stereocenters. The first-order valence-electron chi connectivity index (χ1n) is 6.90. The Morgan fingerprint density at radius 1 is 1.33 bits per heavy atom. The van der Waals surface area contributed by atoms with Crippen molar-refractivity contribution in [3.63, 3.8) is 0 Å². The maximum Gasteiger partial charge on any atom is 0.302 e. The quantitative estimate of drug-likeness (QED) is 0.672. The molecule has 0 aliphatic heterocycles. The van der Waals surface area contributed by atoms with Crippen molar-refractivity contribution in [3.8, 4) is 0 Å². The molecule has 3 rings (SSSR count). The maximum absolute atomic E-state index is 12.3. The minimum Gasteiger partial charge on any atom is -0.462 e. The number of hydrogen-bond donors (Lipinski definition) is 0. The van der Waals surface area contributed by atoms with Crippen LogP contribution in [-0.4, -0.2) is 17.9 Å². The van der Waals surface area contributed by atoms with Crippen LogP contribution in [0.5, 0.6) is 0 Å². The lowest BCUT2D eigenvalue weighted by atomic mass is 9.60. The van der Waals surface area contributed by atoms with Gasteiger partial charge in [0.05, 0.1) is 0 Å². The van der Waals surface area contributed by atoms with Crippen LogP contribution >= 0.6 is 0 Å². The summed E-state index contributed by atoms with van der Waals surface area (Å²) in [6, 6.07) is 0. The molecule has 0 bridgehead atoms. The van der Waals surface area contributed by atoms with Crippen LogP contribution in [0.15, 0.2) is 0 Å². The number of hydrogen-bond acceptors (Lipinski definition) is 3. The van der Waals surface area contributed by atoms with Crippen molar-refractivity contribution < 1.29 is 14.3 Å². The van der Waals surface area contributed by atoms with E-state index in [9.17, 15) is 9.59 Å². The molecule has 0 radical (unpaired) electrons. The molecule has 6 atom stereocenters. The third-order valence-corrected chi connectivity index (χ3v) is 7.03. The second-order valence-electron chi connectivity index (χ2n) is 7.15. The van der Waals surface area contributed by atoms with Gasteiger partial charge in [-0.1, -0.05) is 27.7 Å². The molecule has 0 amide bonds. The summed E-state index contributed by atoms with van der Waals surface area (Å²) < 4.78 is 5.49. The van der Waals surface area contributed by atoms with Crippen LogP contribution in [-0.2, 0) is 14.3 Å². The van der Waals surface area contributed by atoms with Crippen LogP contribution in [0.3, 0.4) is 0 Å². The van der Waals surface area contributed by atoms with E-state index in [2.05, 4.69) is 27.7 Å². The van der Waals surface area contributed by atoms with Gasteiger partial charge in [0.2, 0.25) is 0 Å². The summed E-state index contributed by atoms with van der Waals surface area (Å²) >= 11 is 0. The normalized spacial score (nSPS) is 57.2. The van der Waals surface area contributed by atoms with Crippen molar-refractivity contribution >= 4 is 11.8 Å². The highest BCUT2D eigenvalue weighted by Gasteiger charge is 2.87. The Hall–Kier alpha value is -0.860. The average Bonchev–Trinajstić information content (AvgIpc) is 2.70. The van der Waals surface area contributed by atoms with E-state index in [0.29, 0.717) is 18.1 Å². The molecule has 3 saturated carbocycles. The third-order valence-electron chi connectivity index (χ3n) is 7.03. The highest BCUT2D eigenvalue weighted by molar-refractivity contribution is 5.94. The van der Waals surface area contributed by atoms with Crippen molar-refractivity contribution in [3.05, 3.63) is 0 Å². The fourth-order valence-electron chi connectivity index (χ4n) is 5.40. The van der Waals surface area contributed by atoms with Gasteiger partial charge in [0, 0.05) is 18.8 Å². The lowest BCUT2D eigenvalue weighted by molar-refractivity contribution is -0.158. The molecular formula is C15H22O3. The molecule has 0 saturated heterocycles. The fraction of sp³-hybridized carbons (Fsp3) is 0.867. The SMILES string of the molecule is CC(=O)O[C@@H]1CC2[C@]3(C)[C@@]2(C)C(=O)C[C@]3(C)[C@H]1C. The number of carbonyl (C=O) groups is 2. The molecule has 3 aliphatic carbocycles. The first-order valence-corrected chi connectivity index (χ1v) is 6.90. The number of ketones is 1. The number of ether oxygens (including phenoxy) is 1. The summed E-state index contributed by atoms with van der Waals surface area (Å²) in [6.45, 7) is 10.2. The molecule has 0 N–H and O–H groups in total. The minimum atomic E-state index is -0.202. The largest absolute Gasteiger partial charge is 0.462 e. The number of carbonyl (C=O) groups excluding carboxylic acids is 2. The van der Waals surface area contributed by atoms with Gasteiger partial charge in [-0.15, -0.1) is 0 Å². The lowest BCUT2D eigenvalue weighted by Crippen LogP contribution is -2.46. The van der Waals surface area contributed by atoms with E-state index in [-0.39, 0.29) is 34.2 Å². The number of rotatable bonds is 1. The number of Topliss-reactive ketones (excluding diaryl/α,β-unsaturated/α-hetero) is 1. The summed E-state index contributed by atoms with van der Waals surface area (Å²) in [6.07, 6.45) is 1.49. The van der Waals surface area contributed by atoms with Crippen molar-refractivity contribution in [1.29, 1.82) is 0 Å². The summed E-state index contributed by atoms with van der Waals surface area (Å²) in [4.78, 5) is 23.6. The fourth-order valence-corrected chi connectivity index (χ4v) is 5.40. The van der Waals surface area contributed by atoms with Crippen LogP contribution in [0.25, 0.3) is 0 Å². The van der Waals surface area contributed by atoms with Crippen LogP contribution in [0, 0.1) is 28.1 Å². The van der Waals surface area contributed by atoms with Gasteiger partial charge in [0.25, 0.3) is 0 Å². The maximum atomic E-state index is 12.3. The summed E-state index contributed by atoms with van der Waals surface area (Å²) in [5.41, 5.74) is -0.0556. The molecule has 3 fully saturated rings. The Bertz CT molecular complexity index is 457. The topological polar surface area (TPSA) is 43.4 Å². The van der Waals surface area contributed by atoms with E-state index in [4.69, 9.17) is 4.74 Å². The van der Waals surface area contributed by atoms with Gasteiger partial charge in [0.15, 0.2) is 0 Å². The molecule has 3 heteroatoms. The Labute approximate surface area is 108 Å². The summed E-state index contributed by atoms with van der Waals surface area (Å²) in [5.74, 6) is 0.880. The van der Waals surface area contributed by atoms with E-state index < -0.39 is 0 Å². The van der Waals surface area contributed by atoms with E-state index in [0.717, 1.165) is 6.42 Å². The second kappa shape index (κ2) is 3.00. The highest BCUT2D eigenvalue weighted by Crippen LogP contribution is 2.86. The Kier molecular flexibility index (Phi) is 2.03. The molecule has 3 nitrogen and oxygen atoms in total. The number of esters is 1. The molecule has 0 heterocycles. The predicted octanol–water partition coefficient (Wildman–Crippen LogP) is 2.58. The molecule has 0 spiro atoms. The highest BCUT2D eigenvalue weighted by atomic mass is 16.5. The molecular weight excluding hydrogens is 228 g/mol. The van der Waals surface area contributed by atoms with Gasteiger partial charge in [0.1, 0.15) is 11.9 Å². The molecule has 3 aliphatic rings. The van der Waals surface area contributed by atoms with E-state index >= 15 is 0 Å². The molecule has 0 aromatic heterocycles. The smallest absolute Gasteiger partial charge is 0.302 e. The van der Waals surface area contributed by atoms with E-state index in [1.54, 1.807) is 0 Å². The van der Waals surface area contributed by atoms with Gasteiger partial charge < -0.3 is 4.74 Å². The zero-order valence-corrected chi connectivity index (χ0v) is 11.9. The predicted molar refractivity (Wildman–Crippen MR) is 66.8 cm³/mol. The van der Waals surface area contributed by atoms with Crippen molar-refractivity contribution in [2.45, 2.75) is 53.6 Å². The van der Waals surface area contributed by atoms with Gasteiger partial charge in [-0.25, -0.2) is 0 Å². The molecule has 18 heavy (non-hydrogen) atoms. The molecule has 0 aromatic rings. The first-order chi connectivity index (χ1) is 8.19. The van der Waals surface area contributed by atoms with Crippen LogP contribution < -0.4 is 0 Å². The zero-order valence-electron chi connectivity index (χ0n) is 11.9. The van der Waals surface area contributed by atoms with Gasteiger partial charge >= 0.3 is 5.97 Å². The Balaban J connectivity index is 1.99. The lowest BCUT2D eigenvalue weighted by Gasteiger charge is -2.46.